The average Bonchev–Trinajstić information content (AvgIpc) is 2.73. The second-order valence-corrected chi connectivity index (χ2v) is 4.63. The molecule has 16 heavy (non-hydrogen) atoms. The van der Waals surface area contributed by atoms with Crippen LogP contribution in [-0.2, 0) is 0 Å². The molecule has 1 aliphatic carbocycles. The summed E-state index contributed by atoms with van der Waals surface area (Å²) in [5, 5.41) is 3.40. The van der Waals surface area contributed by atoms with E-state index in [0.717, 1.165) is 29.9 Å². The van der Waals surface area contributed by atoms with Crippen molar-refractivity contribution in [1.82, 2.24) is 4.98 Å². The van der Waals surface area contributed by atoms with E-state index in [1.807, 2.05) is 12.1 Å². The molecule has 1 N–H and O–H groups in total. The third-order valence-electron chi connectivity index (χ3n) is 3.56. The quantitative estimate of drug-likeness (QED) is 0.847. The number of nitrogens with zero attached hydrogens (tertiary/aromatic N) is 1. The van der Waals surface area contributed by atoms with Gasteiger partial charge in [0, 0.05) is 6.54 Å². The smallest absolute Gasteiger partial charge is 0.137 e. The summed E-state index contributed by atoms with van der Waals surface area (Å²) in [6.45, 7) is 3.39. The predicted octanol–water partition coefficient (Wildman–Crippen LogP) is 2.94. The van der Waals surface area contributed by atoms with Crippen LogP contribution in [-0.4, -0.2) is 18.6 Å². The minimum atomic E-state index is 0.805. The van der Waals surface area contributed by atoms with E-state index in [2.05, 4.69) is 17.2 Å². The first-order valence-electron chi connectivity index (χ1n) is 6.03. The highest BCUT2D eigenvalue weighted by atomic mass is 16.5. The number of pyridine rings is 1. The number of aromatic nitrogens is 1. The van der Waals surface area contributed by atoms with Crippen molar-refractivity contribution in [2.45, 2.75) is 26.2 Å². The van der Waals surface area contributed by atoms with Gasteiger partial charge in [0.25, 0.3) is 0 Å². The number of anilines is 1. The third kappa shape index (κ3) is 2.65. The maximum absolute atomic E-state index is 5.07. The summed E-state index contributed by atoms with van der Waals surface area (Å²) in [5.74, 6) is 3.41. The zero-order valence-electron chi connectivity index (χ0n) is 10.1. The Morgan fingerprint density at radius 1 is 1.44 bits per heavy atom. The molecule has 1 aromatic heterocycles. The van der Waals surface area contributed by atoms with Crippen molar-refractivity contribution in [2.75, 3.05) is 19.0 Å². The van der Waals surface area contributed by atoms with E-state index in [1.165, 1.54) is 19.3 Å². The van der Waals surface area contributed by atoms with Gasteiger partial charge in [-0.15, -0.1) is 0 Å². The average molecular weight is 220 g/mol. The molecule has 0 aromatic carbocycles. The lowest BCUT2D eigenvalue weighted by atomic mass is 9.98. The zero-order valence-corrected chi connectivity index (χ0v) is 10.1. The Bertz CT molecular complexity index is 323. The monoisotopic (exact) mass is 220 g/mol. The minimum Gasteiger partial charge on any atom is -0.495 e. The fourth-order valence-corrected chi connectivity index (χ4v) is 2.37. The number of hydrogen-bond acceptors (Lipinski definition) is 3. The number of rotatable bonds is 4. The van der Waals surface area contributed by atoms with Crippen LogP contribution in [0.1, 0.15) is 26.2 Å². The highest BCUT2D eigenvalue weighted by Gasteiger charge is 2.22. The Morgan fingerprint density at radius 3 is 2.88 bits per heavy atom. The van der Waals surface area contributed by atoms with Crippen LogP contribution in [0, 0.1) is 11.8 Å². The van der Waals surface area contributed by atoms with Gasteiger partial charge in [0.15, 0.2) is 0 Å². The van der Waals surface area contributed by atoms with Crippen LogP contribution in [0.5, 0.6) is 5.75 Å². The van der Waals surface area contributed by atoms with Gasteiger partial charge in [0.1, 0.15) is 11.6 Å². The van der Waals surface area contributed by atoms with Gasteiger partial charge in [-0.2, -0.15) is 0 Å². The van der Waals surface area contributed by atoms with Gasteiger partial charge in [-0.05, 0) is 30.4 Å². The molecular formula is C13H20N2O. The summed E-state index contributed by atoms with van der Waals surface area (Å²) < 4.78 is 5.07. The van der Waals surface area contributed by atoms with Crippen molar-refractivity contribution in [3.63, 3.8) is 0 Å². The molecule has 0 bridgehead atoms. The largest absolute Gasteiger partial charge is 0.495 e. The van der Waals surface area contributed by atoms with Gasteiger partial charge in [0.2, 0.25) is 0 Å². The van der Waals surface area contributed by atoms with Crippen molar-refractivity contribution >= 4 is 5.82 Å². The molecule has 0 radical (unpaired) electrons. The molecule has 2 atom stereocenters. The lowest BCUT2D eigenvalue weighted by Gasteiger charge is -2.16. The summed E-state index contributed by atoms with van der Waals surface area (Å²) in [4.78, 5) is 4.30. The van der Waals surface area contributed by atoms with Crippen molar-refractivity contribution < 1.29 is 4.74 Å². The Kier molecular flexibility index (Phi) is 3.65. The third-order valence-corrected chi connectivity index (χ3v) is 3.56. The Balaban J connectivity index is 1.84. The van der Waals surface area contributed by atoms with Crippen molar-refractivity contribution in [1.29, 1.82) is 0 Å². The topological polar surface area (TPSA) is 34.1 Å². The standard InChI is InChI=1S/C13H20N2O/c1-10-4-3-5-11(10)8-14-13-7-6-12(16-2)9-15-13/h6-7,9-11H,3-5,8H2,1-2H3,(H,14,15). The first-order valence-corrected chi connectivity index (χ1v) is 6.03. The normalized spacial score (nSPS) is 24.4. The summed E-state index contributed by atoms with van der Waals surface area (Å²) >= 11 is 0. The van der Waals surface area contributed by atoms with Crippen molar-refractivity contribution in [3.8, 4) is 5.75 Å². The molecule has 0 saturated heterocycles. The van der Waals surface area contributed by atoms with Crippen LogP contribution in [0.3, 0.4) is 0 Å². The maximum Gasteiger partial charge on any atom is 0.137 e. The first kappa shape index (κ1) is 11.2. The summed E-state index contributed by atoms with van der Waals surface area (Å²) in [7, 11) is 1.66. The highest BCUT2D eigenvalue weighted by molar-refractivity contribution is 5.37. The number of methoxy groups -OCH3 is 1. The molecule has 2 unspecified atom stereocenters. The van der Waals surface area contributed by atoms with Gasteiger partial charge in [-0.3, -0.25) is 0 Å². The number of hydrogen-bond donors (Lipinski definition) is 1. The lowest BCUT2D eigenvalue weighted by Crippen LogP contribution is -2.16. The number of ether oxygens (including phenoxy) is 1. The molecule has 0 aliphatic heterocycles. The molecule has 3 heteroatoms. The fraction of sp³-hybridized carbons (Fsp3) is 0.615. The second-order valence-electron chi connectivity index (χ2n) is 4.63. The van der Waals surface area contributed by atoms with Crippen LogP contribution >= 0.6 is 0 Å². The molecule has 1 aromatic rings. The van der Waals surface area contributed by atoms with E-state index in [0.29, 0.717) is 0 Å². The molecule has 0 spiro atoms. The zero-order chi connectivity index (χ0) is 11.4. The van der Waals surface area contributed by atoms with Crippen LogP contribution in [0.4, 0.5) is 5.82 Å². The molecular weight excluding hydrogens is 200 g/mol. The summed E-state index contributed by atoms with van der Waals surface area (Å²) in [6, 6.07) is 3.91. The van der Waals surface area contributed by atoms with Crippen LogP contribution in [0.15, 0.2) is 18.3 Å². The summed E-state index contributed by atoms with van der Waals surface area (Å²) in [6.07, 6.45) is 5.86. The molecule has 0 amide bonds. The van der Waals surface area contributed by atoms with E-state index in [4.69, 9.17) is 4.74 Å². The first-order chi connectivity index (χ1) is 7.79. The molecule has 1 heterocycles. The van der Waals surface area contributed by atoms with Gasteiger partial charge in [0.05, 0.1) is 13.3 Å². The van der Waals surface area contributed by atoms with Gasteiger partial charge >= 0.3 is 0 Å². The van der Waals surface area contributed by atoms with E-state index >= 15 is 0 Å². The molecule has 88 valence electrons. The minimum absolute atomic E-state index is 0.805. The number of nitrogens with one attached hydrogen (secondary N) is 1. The Labute approximate surface area is 97.2 Å². The molecule has 1 aliphatic rings. The van der Waals surface area contributed by atoms with Crippen LogP contribution in [0.2, 0.25) is 0 Å². The molecule has 2 rings (SSSR count). The molecule has 1 fully saturated rings. The van der Waals surface area contributed by atoms with E-state index in [1.54, 1.807) is 13.3 Å². The Morgan fingerprint density at radius 2 is 2.31 bits per heavy atom. The van der Waals surface area contributed by atoms with Crippen molar-refractivity contribution in [3.05, 3.63) is 18.3 Å². The van der Waals surface area contributed by atoms with Gasteiger partial charge < -0.3 is 10.1 Å². The van der Waals surface area contributed by atoms with E-state index < -0.39 is 0 Å². The van der Waals surface area contributed by atoms with E-state index in [-0.39, 0.29) is 0 Å². The Hall–Kier alpha value is -1.25. The van der Waals surface area contributed by atoms with Crippen LogP contribution in [0.25, 0.3) is 0 Å². The van der Waals surface area contributed by atoms with Gasteiger partial charge in [-0.25, -0.2) is 4.98 Å². The summed E-state index contributed by atoms with van der Waals surface area (Å²) in [5.41, 5.74) is 0. The maximum atomic E-state index is 5.07. The van der Waals surface area contributed by atoms with Crippen molar-refractivity contribution in [2.24, 2.45) is 11.8 Å². The highest BCUT2D eigenvalue weighted by Crippen LogP contribution is 2.31. The fourth-order valence-electron chi connectivity index (χ4n) is 2.37. The second kappa shape index (κ2) is 5.19. The van der Waals surface area contributed by atoms with E-state index in [9.17, 15) is 0 Å². The molecule has 3 nitrogen and oxygen atoms in total. The predicted molar refractivity (Wildman–Crippen MR) is 65.8 cm³/mol. The lowest BCUT2D eigenvalue weighted by molar-refractivity contribution is 0.413. The molecule has 1 saturated carbocycles. The van der Waals surface area contributed by atoms with Gasteiger partial charge in [-0.1, -0.05) is 19.8 Å². The SMILES string of the molecule is COc1ccc(NCC2CCCC2C)nc1. The van der Waals surface area contributed by atoms with Crippen LogP contribution < -0.4 is 10.1 Å².